The molecule has 0 heterocycles. The lowest BCUT2D eigenvalue weighted by Gasteiger charge is -2.10. The Morgan fingerprint density at radius 2 is 2.17 bits per heavy atom. The first-order valence-electron chi connectivity index (χ1n) is 8.11. The molecule has 0 aromatic heterocycles. The molecule has 0 bridgehead atoms. The summed E-state index contributed by atoms with van der Waals surface area (Å²) >= 11 is 0. The van der Waals surface area contributed by atoms with Crippen molar-refractivity contribution in [3.63, 3.8) is 0 Å². The minimum absolute atomic E-state index is 0.0852. The van der Waals surface area contributed by atoms with Crippen LogP contribution < -0.4 is 11.1 Å². The van der Waals surface area contributed by atoms with Crippen LogP contribution in [0, 0.1) is 17.8 Å². The summed E-state index contributed by atoms with van der Waals surface area (Å²) in [7, 11) is 0. The molecule has 0 aliphatic heterocycles. The van der Waals surface area contributed by atoms with Crippen LogP contribution in [0.25, 0.3) is 0 Å². The number of carbonyl (C=O) groups excluding carboxylic acids is 2. The third kappa shape index (κ3) is 4.94. The summed E-state index contributed by atoms with van der Waals surface area (Å²) < 4.78 is 0. The fourth-order valence-corrected chi connectivity index (χ4v) is 2.32. The summed E-state index contributed by atoms with van der Waals surface area (Å²) in [5, 5.41) is 2.56. The Hall–Kier alpha value is -2.64. The van der Waals surface area contributed by atoms with Crippen LogP contribution in [-0.4, -0.2) is 24.8 Å². The number of hydrogen-bond donors (Lipinski definition) is 2. The van der Waals surface area contributed by atoms with Crippen molar-refractivity contribution in [2.45, 2.75) is 25.8 Å². The van der Waals surface area contributed by atoms with E-state index in [4.69, 9.17) is 5.73 Å². The number of hydrogen-bond acceptors (Lipinski definition) is 3. The molecule has 2 rings (SSSR count). The zero-order valence-electron chi connectivity index (χ0n) is 13.8. The number of carbonyl (C=O) groups is 2. The van der Waals surface area contributed by atoms with Crippen molar-refractivity contribution in [3.8, 4) is 11.8 Å². The molecule has 0 saturated heterocycles. The highest BCUT2D eigenvalue weighted by Gasteiger charge is 2.11. The van der Waals surface area contributed by atoms with E-state index in [0.717, 1.165) is 18.4 Å². The quantitative estimate of drug-likeness (QED) is 0.645. The van der Waals surface area contributed by atoms with Crippen LogP contribution in [0.2, 0.25) is 0 Å². The van der Waals surface area contributed by atoms with E-state index in [0.29, 0.717) is 11.8 Å². The highest BCUT2D eigenvalue weighted by molar-refractivity contribution is 5.95. The molecule has 0 spiro atoms. The Morgan fingerprint density at radius 3 is 2.71 bits per heavy atom. The molecule has 1 amide bonds. The van der Waals surface area contributed by atoms with Crippen LogP contribution in [0.3, 0.4) is 0 Å². The second-order valence-corrected chi connectivity index (χ2v) is 5.63. The molecule has 3 N–H and O–H groups in total. The summed E-state index contributed by atoms with van der Waals surface area (Å²) in [5.41, 5.74) is 8.08. The Bertz CT molecular complexity index is 705. The highest BCUT2D eigenvalue weighted by Crippen LogP contribution is 2.17. The van der Waals surface area contributed by atoms with Gasteiger partial charge in [-0.05, 0) is 37.1 Å². The van der Waals surface area contributed by atoms with Gasteiger partial charge in [-0.15, -0.1) is 0 Å². The number of nitrogens with one attached hydrogen (secondary N) is 1. The second kappa shape index (κ2) is 8.85. The van der Waals surface area contributed by atoms with E-state index in [9.17, 15) is 9.59 Å². The number of nitrogens with two attached hydrogens (primary N) is 1. The van der Waals surface area contributed by atoms with E-state index in [-0.39, 0.29) is 18.4 Å². The molecule has 4 heteroatoms. The largest absolute Gasteiger partial charge is 0.341 e. The SMILES string of the molecule is CCC1=CCC(C#Cc2ccc(C(=O)NC(C=O)CN)cc2)C=C1. The molecule has 0 radical (unpaired) electrons. The normalized spacial score (nSPS) is 17.2. The maximum absolute atomic E-state index is 12.0. The van der Waals surface area contributed by atoms with E-state index >= 15 is 0 Å². The minimum Gasteiger partial charge on any atom is -0.341 e. The maximum Gasteiger partial charge on any atom is 0.251 e. The second-order valence-electron chi connectivity index (χ2n) is 5.63. The van der Waals surface area contributed by atoms with Crippen LogP contribution in [-0.2, 0) is 4.79 Å². The van der Waals surface area contributed by atoms with E-state index in [1.54, 1.807) is 24.3 Å². The molecule has 1 aromatic carbocycles. The summed E-state index contributed by atoms with van der Waals surface area (Å²) in [6, 6.07) is 6.35. The van der Waals surface area contributed by atoms with Gasteiger partial charge in [0, 0.05) is 23.6 Å². The molecule has 2 unspecified atom stereocenters. The summed E-state index contributed by atoms with van der Waals surface area (Å²) in [6.07, 6.45) is 9.13. The van der Waals surface area contributed by atoms with Gasteiger partial charge in [-0.2, -0.15) is 0 Å². The van der Waals surface area contributed by atoms with Gasteiger partial charge in [0.25, 0.3) is 5.91 Å². The Labute approximate surface area is 142 Å². The Morgan fingerprint density at radius 1 is 1.42 bits per heavy atom. The smallest absolute Gasteiger partial charge is 0.251 e. The van der Waals surface area contributed by atoms with Crippen molar-refractivity contribution in [3.05, 3.63) is 59.2 Å². The molecular weight excluding hydrogens is 300 g/mol. The lowest BCUT2D eigenvalue weighted by atomic mass is 9.96. The average molecular weight is 322 g/mol. The van der Waals surface area contributed by atoms with Crippen LogP contribution in [0.1, 0.15) is 35.7 Å². The number of amides is 1. The van der Waals surface area contributed by atoms with Crippen LogP contribution in [0.4, 0.5) is 0 Å². The molecule has 2 atom stereocenters. The van der Waals surface area contributed by atoms with E-state index in [1.165, 1.54) is 5.57 Å². The van der Waals surface area contributed by atoms with E-state index in [2.05, 4.69) is 42.3 Å². The number of aldehydes is 1. The summed E-state index contributed by atoms with van der Waals surface area (Å²) in [6.45, 7) is 2.23. The van der Waals surface area contributed by atoms with Gasteiger partial charge in [-0.3, -0.25) is 4.79 Å². The first-order valence-corrected chi connectivity index (χ1v) is 8.11. The predicted molar refractivity (Wildman–Crippen MR) is 95.3 cm³/mol. The third-order valence-electron chi connectivity index (χ3n) is 3.87. The van der Waals surface area contributed by atoms with Gasteiger partial charge < -0.3 is 15.8 Å². The monoisotopic (exact) mass is 322 g/mol. The van der Waals surface area contributed by atoms with Gasteiger partial charge in [-0.25, -0.2) is 0 Å². The van der Waals surface area contributed by atoms with Crippen LogP contribution in [0.15, 0.2) is 48.1 Å². The third-order valence-corrected chi connectivity index (χ3v) is 3.87. The van der Waals surface area contributed by atoms with Gasteiger partial charge in [0.05, 0.1) is 6.04 Å². The highest BCUT2D eigenvalue weighted by atomic mass is 16.2. The minimum atomic E-state index is -0.656. The van der Waals surface area contributed by atoms with Crippen LogP contribution >= 0.6 is 0 Å². The van der Waals surface area contributed by atoms with Crippen molar-refractivity contribution in [1.29, 1.82) is 0 Å². The van der Waals surface area contributed by atoms with E-state index < -0.39 is 6.04 Å². The lowest BCUT2D eigenvalue weighted by molar-refractivity contribution is -0.109. The number of rotatable bonds is 5. The molecular formula is C20H22N2O2. The zero-order chi connectivity index (χ0) is 17.4. The first-order chi connectivity index (χ1) is 11.7. The molecule has 1 aliphatic rings. The van der Waals surface area contributed by atoms with Crippen molar-refractivity contribution in [2.75, 3.05) is 6.54 Å². The molecule has 24 heavy (non-hydrogen) atoms. The first kappa shape index (κ1) is 17.7. The molecule has 124 valence electrons. The van der Waals surface area contributed by atoms with Crippen molar-refractivity contribution < 1.29 is 9.59 Å². The van der Waals surface area contributed by atoms with Crippen LogP contribution in [0.5, 0.6) is 0 Å². The van der Waals surface area contributed by atoms with Crippen molar-refractivity contribution >= 4 is 12.2 Å². The predicted octanol–water partition coefficient (Wildman–Crippen LogP) is 2.21. The molecule has 1 aromatic rings. The standard InChI is InChI=1S/C20H22N2O2/c1-2-15-3-5-16(6-4-15)7-8-17-9-11-18(12-10-17)20(24)22-19(13-21)14-23/h3-5,9-12,14,16,19H,2,6,13,21H2,1H3,(H,22,24). The summed E-state index contributed by atoms with van der Waals surface area (Å²) in [5.74, 6) is 6.30. The molecule has 0 saturated carbocycles. The Kier molecular flexibility index (Phi) is 6.53. The molecule has 0 fully saturated rings. The zero-order valence-corrected chi connectivity index (χ0v) is 13.8. The van der Waals surface area contributed by atoms with Gasteiger partial charge in [0.2, 0.25) is 0 Å². The van der Waals surface area contributed by atoms with Crippen molar-refractivity contribution in [2.24, 2.45) is 11.7 Å². The fraction of sp³-hybridized carbons (Fsp3) is 0.300. The number of benzene rings is 1. The topological polar surface area (TPSA) is 72.2 Å². The van der Waals surface area contributed by atoms with Gasteiger partial charge in [0.15, 0.2) is 0 Å². The average Bonchev–Trinajstić information content (AvgIpc) is 2.65. The maximum atomic E-state index is 12.0. The molecule has 4 nitrogen and oxygen atoms in total. The molecule has 1 aliphatic carbocycles. The Balaban J connectivity index is 1.97. The van der Waals surface area contributed by atoms with Gasteiger partial charge in [0.1, 0.15) is 6.29 Å². The number of allylic oxidation sites excluding steroid dienone is 4. The van der Waals surface area contributed by atoms with Crippen molar-refractivity contribution in [1.82, 2.24) is 5.32 Å². The van der Waals surface area contributed by atoms with Gasteiger partial charge in [-0.1, -0.05) is 42.6 Å². The van der Waals surface area contributed by atoms with Gasteiger partial charge >= 0.3 is 0 Å². The fourth-order valence-electron chi connectivity index (χ4n) is 2.32. The summed E-state index contributed by atoms with van der Waals surface area (Å²) in [4.78, 5) is 22.7. The van der Waals surface area contributed by atoms with E-state index in [1.807, 2.05) is 0 Å². The lowest BCUT2D eigenvalue weighted by Crippen LogP contribution is -2.41.